The number of halogens is 1. The molecule has 1 N–H and O–H groups in total. The summed E-state index contributed by atoms with van der Waals surface area (Å²) in [6, 6.07) is 8.37. The van der Waals surface area contributed by atoms with Crippen LogP contribution in [0, 0.1) is 0 Å². The summed E-state index contributed by atoms with van der Waals surface area (Å²) < 4.78 is 0. The van der Waals surface area contributed by atoms with E-state index in [2.05, 4.69) is 14.8 Å². The van der Waals surface area contributed by atoms with Gasteiger partial charge >= 0.3 is 0 Å². The van der Waals surface area contributed by atoms with Crippen LogP contribution in [0.15, 0.2) is 24.3 Å². The molecule has 5 heteroatoms. The van der Waals surface area contributed by atoms with E-state index in [0.717, 1.165) is 47.6 Å². The van der Waals surface area contributed by atoms with Gasteiger partial charge in [-0.2, -0.15) is 0 Å². The van der Waals surface area contributed by atoms with Gasteiger partial charge in [0.2, 0.25) is 5.91 Å². The van der Waals surface area contributed by atoms with Gasteiger partial charge in [-0.05, 0) is 25.8 Å². The van der Waals surface area contributed by atoms with Crippen molar-refractivity contribution >= 4 is 28.4 Å². The Hall–Kier alpha value is -1.52. The van der Waals surface area contributed by atoms with E-state index in [1.165, 1.54) is 0 Å². The van der Waals surface area contributed by atoms with E-state index in [1.807, 2.05) is 31.2 Å². The van der Waals surface area contributed by atoms with Crippen molar-refractivity contribution in [1.29, 1.82) is 0 Å². The fraction of sp³-hybridized carbons (Fsp3) is 0.471. The first-order valence-electron chi connectivity index (χ1n) is 7.95. The molecular weight excluding hydrogens is 298 g/mol. The number of aromatic nitrogens is 1. The third-order valence-electron chi connectivity index (χ3n) is 5.09. The van der Waals surface area contributed by atoms with Crippen molar-refractivity contribution in [2.45, 2.75) is 38.4 Å². The first-order chi connectivity index (χ1) is 10.6. The molecule has 2 aliphatic heterocycles. The Kier molecular flexibility index (Phi) is 3.39. The first kappa shape index (κ1) is 14.1. The third kappa shape index (κ3) is 2.13. The number of para-hydroxylation sites is 1. The van der Waals surface area contributed by atoms with Gasteiger partial charge in [-0.1, -0.05) is 29.8 Å². The molecule has 2 fully saturated rings. The molecule has 22 heavy (non-hydrogen) atoms. The van der Waals surface area contributed by atoms with Crippen LogP contribution in [0.2, 0.25) is 5.02 Å². The molecule has 116 valence electrons. The number of hydrogen-bond donors (Lipinski definition) is 1. The number of aromatic amines is 1. The molecule has 2 saturated heterocycles. The molecule has 2 atom stereocenters. The Morgan fingerprint density at radius 3 is 3.00 bits per heavy atom. The number of nitrogens with zero attached hydrogens (tertiary/aromatic N) is 2. The molecule has 0 bridgehead atoms. The minimum absolute atomic E-state index is 0.0724. The van der Waals surface area contributed by atoms with Gasteiger partial charge < -0.3 is 9.88 Å². The third-order valence-corrected chi connectivity index (χ3v) is 5.52. The van der Waals surface area contributed by atoms with Crippen LogP contribution in [0.3, 0.4) is 0 Å². The van der Waals surface area contributed by atoms with Gasteiger partial charge in [0, 0.05) is 42.3 Å². The molecule has 1 aromatic carbocycles. The molecule has 0 unspecified atom stereocenters. The quantitative estimate of drug-likeness (QED) is 0.925. The van der Waals surface area contributed by atoms with Crippen LogP contribution < -0.4 is 0 Å². The molecule has 4 nitrogen and oxygen atoms in total. The average Bonchev–Trinajstić information content (AvgIpc) is 3.11. The Labute approximate surface area is 135 Å². The summed E-state index contributed by atoms with van der Waals surface area (Å²) in [4.78, 5) is 20.2. The molecular formula is C17H20ClN3O. The summed E-state index contributed by atoms with van der Waals surface area (Å²) in [5.41, 5.74) is 2.06. The maximum absolute atomic E-state index is 12.5. The number of rotatable bonds is 2. The summed E-state index contributed by atoms with van der Waals surface area (Å²) in [6.07, 6.45) is 2.25. The number of piperazine rings is 1. The highest BCUT2D eigenvalue weighted by Gasteiger charge is 2.40. The molecule has 2 aromatic rings. The number of fused-ring (bicyclic) bond motifs is 2. The zero-order chi connectivity index (χ0) is 15.3. The van der Waals surface area contributed by atoms with Gasteiger partial charge in [0.1, 0.15) is 0 Å². The van der Waals surface area contributed by atoms with Crippen LogP contribution in [0.25, 0.3) is 10.9 Å². The van der Waals surface area contributed by atoms with E-state index in [-0.39, 0.29) is 11.9 Å². The van der Waals surface area contributed by atoms with Gasteiger partial charge in [0.25, 0.3) is 0 Å². The van der Waals surface area contributed by atoms with Crippen LogP contribution in [0.1, 0.15) is 25.5 Å². The van der Waals surface area contributed by atoms with Gasteiger partial charge in [0.05, 0.1) is 11.1 Å². The average molecular weight is 318 g/mol. The molecule has 1 amide bonds. The Balaban J connectivity index is 1.61. The number of carbonyl (C=O) groups is 1. The summed E-state index contributed by atoms with van der Waals surface area (Å²) in [7, 11) is 0. The molecule has 2 aliphatic rings. The number of benzene rings is 1. The summed E-state index contributed by atoms with van der Waals surface area (Å²) in [6.45, 7) is 4.58. The molecule has 0 spiro atoms. The lowest BCUT2D eigenvalue weighted by atomic mass is 10.1. The second-order valence-electron chi connectivity index (χ2n) is 6.40. The van der Waals surface area contributed by atoms with Crippen LogP contribution in [-0.4, -0.2) is 45.9 Å². The normalized spacial score (nSPS) is 25.9. The molecule has 1 aromatic heterocycles. The van der Waals surface area contributed by atoms with Crippen LogP contribution >= 0.6 is 11.6 Å². The maximum Gasteiger partial charge on any atom is 0.239 e. The number of hydrogen-bond acceptors (Lipinski definition) is 2. The number of carbonyl (C=O) groups excluding carboxylic acids is 1. The molecule has 4 rings (SSSR count). The second kappa shape index (κ2) is 5.28. The predicted molar refractivity (Wildman–Crippen MR) is 87.9 cm³/mol. The van der Waals surface area contributed by atoms with Crippen molar-refractivity contribution in [1.82, 2.24) is 14.8 Å². The van der Waals surface area contributed by atoms with E-state index >= 15 is 0 Å². The highest BCUT2D eigenvalue weighted by atomic mass is 35.5. The minimum Gasteiger partial charge on any atom is -0.356 e. The van der Waals surface area contributed by atoms with E-state index < -0.39 is 0 Å². The van der Waals surface area contributed by atoms with Crippen molar-refractivity contribution < 1.29 is 4.79 Å². The molecule has 0 radical (unpaired) electrons. The van der Waals surface area contributed by atoms with Crippen LogP contribution in [0.4, 0.5) is 0 Å². The van der Waals surface area contributed by atoms with Crippen molar-refractivity contribution in [2.24, 2.45) is 0 Å². The highest BCUT2D eigenvalue weighted by Crippen LogP contribution is 2.31. The first-order valence-corrected chi connectivity index (χ1v) is 8.32. The number of amides is 1. The summed E-state index contributed by atoms with van der Waals surface area (Å²) in [5.74, 6) is 0.265. The van der Waals surface area contributed by atoms with Gasteiger partial charge in [0.15, 0.2) is 0 Å². The number of H-pyrrole nitrogens is 1. The molecule has 3 heterocycles. The van der Waals surface area contributed by atoms with Crippen LogP contribution in [-0.2, 0) is 11.3 Å². The summed E-state index contributed by atoms with van der Waals surface area (Å²) >= 11 is 6.52. The smallest absolute Gasteiger partial charge is 0.239 e. The Morgan fingerprint density at radius 2 is 2.18 bits per heavy atom. The Morgan fingerprint density at radius 1 is 1.36 bits per heavy atom. The molecule has 0 aliphatic carbocycles. The lowest BCUT2D eigenvalue weighted by molar-refractivity contribution is -0.143. The zero-order valence-electron chi connectivity index (χ0n) is 12.7. The zero-order valence-corrected chi connectivity index (χ0v) is 13.4. The fourth-order valence-corrected chi connectivity index (χ4v) is 4.09. The lowest BCUT2D eigenvalue weighted by Gasteiger charge is -2.41. The lowest BCUT2D eigenvalue weighted by Crippen LogP contribution is -2.58. The standard InChI is InChI=1S/C17H20ClN3O/c1-11-17(22)21-8-4-5-12(21)9-20(11)10-15-16(18)13-6-2-3-7-14(13)19-15/h2-3,6-7,11-12,19H,4-5,8-10H2,1H3/t11-,12+/m0/s1. The van der Waals surface area contributed by atoms with E-state index in [1.54, 1.807) is 0 Å². The monoisotopic (exact) mass is 317 g/mol. The second-order valence-corrected chi connectivity index (χ2v) is 6.77. The highest BCUT2D eigenvalue weighted by molar-refractivity contribution is 6.36. The van der Waals surface area contributed by atoms with Gasteiger partial charge in [-0.3, -0.25) is 9.69 Å². The van der Waals surface area contributed by atoms with Crippen molar-refractivity contribution in [3.63, 3.8) is 0 Å². The predicted octanol–water partition coefficient (Wildman–Crippen LogP) is 3.02. The molecule has 0 saturated carbocycles. The SMILES string of the molecule is C[C@H]1C(=O)N2CCC[C@@H]2CN1Cc1[nH]c2ccccc2c1Cl. The fourth-order valence-electron chi connectivity index (χ4n) is 3.82. The maximum atomic E-state index is 12.5. The van der Waals surface area contributed by atoms with Gasteiger partial charge in [-0.15, -0.1) is 0 Å². The van der Waals surface area contributed by atoms with E-state index in [4.69, 9.17) is 11.6 Å². The Bertz CT molecular complexity index is 726. The van der Waals surface area contributed by atoms with Crippen molar-refractivity contribution in [2.75, 3.05) is 13.1 Å². The van der Waals surface area contributed by atoms with Crippen LogP contribution in [0.5, 0.6) is 0 Å². The van der Waals surface area contributed by atoms with Gasteiger partial charge in [-0.25, -0.2) is 0 Å². The van der Waals surface area contributed by atoms with Crippen molar-refractivity contribution in [3.05, 3.63) is 35.0 Å². The number of nitrogens with one attached hydrogen (secondary N) is 1. The largest absolute Gasteiger partial charge is 0.356 e. The van der Waals surface area contributed by atoms with E-state index in [0.29, 0.717) is 12.6 Å². The topological polar surface area (TPSA) is 39.3 Å². The minimum atomic E-state index is -0.0724. The van der Waals surface area contributed by atoms with E-state index in [9.17, 15) is 4.79 Å². The van der Waals surface area contributed by atoms with Crippen molar-refractivity contribution in [3.8, 4) is 0 Å². The summed E-state index contributed by atoms with van der Waals surface area (Å²) in [5, 5.41) is 1.83.